The third kappa shape index (κ3) is 3.98. The van der Waals surface area contributed by atoms with Gasteiger partial charge in [-0.25, -0.2) is 4.98 Å². The van der Waals surface area contributed by atoms with Crippen LogP contribution in [0.4, 0.5) is 0 Å². The molecule has 160 valence electrons. The molecule has 32 heavy (non-hydrogen) atoms. The molecule has 1 atom stereocenters. The SMILES string of the molecule is O=C(CNC(=O)c1ccc2c(c1)OCO2)NC(c1ccccc1)c1ccc2nc[nH]c2c1. The molecule has 4 aromatic rings. The average molecular weight is 428 g/mol. The van der Waals surface area contributed by atoms with Gasteiger partial charge in [0.1, 0.15) is 0 Å². The predicted octanol–water partition coefficient (Wildman–Crippen LogP) is 2.93. The van der Waals surface area contributed by atoms with Gasteiger partial charge < -0.3 is 25.1 Å². The highest BCUT2D eigenvalue weighted by Crippen LogP contribution is 2.32. The summed E-state index contributed by atoms with van der Waals surface area (Å²) < 4.78 is 10.6. The molecule has 0 saturated carbocycles. The lowest BCUT2D eigenvalue weighted by Crippen LogP contribution is -2.39. The third-order valence-electron chi connectivity index (χ3n) is 5.26. The Morgan fingerprint density at radius 1 is 0.969 bits per heavy atom. The van der Waals surface area contributed by atoms with Gasteiger partial charge >= 0.3 is 0 Å². The number of rotatable bonds is 6. The van der Waals surface area contributed by atoms with Crippen molar-refractivity contribution in [1.29, 1.82) is 0 Å². The van der Waals surface area contributed by atoms with Crippen LogP contribution in [0.25, 0.3) is 11.0 Å². The van der Waals surface area contributed by atoms with E-state index in [9.17, 15) is 9.59 Å². The number of nitrogens with zero attached hydrogens (tertiary/aromatic N) is 1. The van der Waals surface area contributed by atoms with Crippen LogP contribution in [0.3, 0.4) is 0 Å². The second-order valence-corrected chi connectivity index (χ2v) is 7.34. The monoisotopic (exact) mass is 428 g/mol. The number of carbonyl (C=O) groups excluding carboxylic acids is 2. The number of benzene rings is 3. The molecule has 0 bridgehead atoms. The van der Waals surface area contributed by atoms with E-state index >= 15 is 0 Å². The number of aromatic nitrogens is 2. The molecule has 1 aliphatic heterocycles. The molecular formula is C24H20N4O4. The molecular weight excluding hydrogens is 408 g/mol. The van der Waals surface area contributed by atoms with E-state index < -0.39 is 0 Å². The lowest BCUT2D eigenvalue weighted by Gasteiger charge is -2.20. The number of H-pyrrole nitrogens is 1. The van der Waals surface area contributed by atoms with Gasteiger partial charge in [-0.15, -0.1) is 0 Å². The summed E-state index contributed by atoms with van der Waals surface area (Å²) in [6, 6.07) is 20.0. The second-order valence-electron chi connectivity index (χ2n) is 7.34. The van der Waals surface area contributed by atoms with Crippen LogP contribution in [0.1, 0.15) is 27.5 Å². The predicted molar refractivity (Wildman–Crippen MR) is 117 cm³/mol. The first-order valence-corrected chi connectivity index (χ1v) is 10.1. The molecule has 1 unspecified atom stereocenters. The van der Waals surface area contributed by atoms with Crippen LogP contribution in [-0.4, -0.2) is 35.1 Å². The summed E-state index contributed by atoms with van der Waals surface area (Å²) in [6.45, 7) is -0.0308. The fraction of sp³-hybridized carbons (Fsp3) is 0.125. The molecule has 0 fully saturated rings. The molecule has 0 saturated heterocycles. The van der Waals surface area contributed by atoms with Crippen LogP contribution in [0, 0.1) is 0 Å². The minimum atomic E-state index is -0.376. The van der Waals surface area contributed by atoms with Gasteiger partial charge in [-0.05, 0) is 41.5 Å². The van der Waals surface area contributed by atoms with Gasteiger partial charge in [-0.1, -0.05) is 36.4 Å². The van der Waals surface area contributed by atoms with Gasteiger partial charge in [0.2, 0.25) is 12.7 Å². The zero-order valence-electron chi connectivity index (χ0n) is 17.0. The van der Waals surface area contributed by atoms with E-state index in [4.69, 9.17) is 9.47 Å². The lowest BCUT2D eigenvalue weighted by atomic mass is 9.98. The quantitative estimate of drug-likeness (QED) is 0.438. The maximum absolute atomic E-state index is 12.7. The van der Waals surface area contributed by atoms with Crippen molar-refractivity contribution < 1.29 is 19.1 Å². The molecule has 3 aromatic carbocycles. The van der Waals surface area contributed by atoms with E-state index in [1.165, 1.54) is 0 Å². The van der Waals surface area contributed by atoms with Gasteiger partial charge in [0.05, 0.1) is 29.9 Å². The van der Waals surface area contributed by atoms with Crippen LogP contribution < -0.4 is 20.1 Å². The maximum atomic E-state index is 12.7. The van der Waals surface area contributed by atoms with Crippen molar-refractivity contribution >= 4 is 22.8 Å². The van der Waals surface area contributed by atoms with E-state index in [1.807, 2.05) is 48.5 Å². The number of amides is 2. The molecule has 0 radical (unpaired) electrons. The van der Waals surface area contributed by atoms with Gasteiger partial charge in [0.15, 0.2) is 11.5 Å². The van der Waals surface area contributed by atoms with Crippen LogP contribution in [0.5, 0.6) is 11.5 Å². The van der Waals surface area contributed by atoms with Crippen molar-refractivity contribution in [3.05, 3.63) is 89.7 Å². The van der Waals surface area contributed by atoms with Crippen molar-refractivity contribution in [3.8, 4) is 11.5 Å². The van der Waals surface area contributed by atoms with Crippen LogP contribution >= 0.6 is 0 Å². The van der Waals surface area contributed by atoms with E-state index in [2.05, 4.69) is 20.6 Å². The van der Waals surface area contributed by atoms with E-state index in [1.54, 1.807) is 24.5 Å². The number of ether oxygens (including phenoxy) is 2. The number of hydrogen-bond acceptors (Lipinski definition) is 5. The number of nitrogens with one attached hydrogen (secondary N) is 3. The molecule has 5 rings (SSSR count). The number of fused-ring (bicyclic) bond motifs is 2. The summed E-state index contributed by atoms with van der Waals surface area (Å²) in [7, 11) is 0. The summed E-state index contributed by atoms with van der Waals surface area (Å²) in [5.41, 5.74) is 3.97. The summed E-state index contributed by atoms with van der Waals surface area (Å²) in [4.78, 5) is 32.6. The average Bonchev–Trinajstić information content (AvgIpc) is 3.49. The summed E-state index contributed by atoms with van der Waals surface area (Å²) in [6.07, 6.45) is 1.64. The first-order chi connectivity index (χ1) is 15.7. The maximum Gasteiger partial charge on any atom is 0.251 e. The van der Waals surface area contributed by atoms with Crippen LogP contribution in [-0.2, 0) is 4.79 Å². The Hall–Kier alpha value is -4.33. The van der Waals surface area contributed by atoms with E-state index in [-0.39, 0.29) is 31.2 Å². The molecule has 1 aromatic heterocycles. The number of carbonyl (C=O) groups is 2. The highest BCUT2D eigenvalue weighted by molar-refractivity contribution is 5.97. The molecule has 2 heterocycles. The Bertz CT molecular complexity index is 1290. The Morgan fingerprint density at radius 2 is 1.81 bits per heavy atom. The Balaban J connectivity index is 1.30. The normalized spacial score (nSPS) is 13.0. The van der Waals surface area contributed by atoms with Gasteiger partial charge in [0, 0.05) is 5.56 Å². The number of aromatic amines is 1. The topological polar surface area (TPSA) is 105 Å². The van der Waals surface area contributed by atoms with Crippen molar-refractivity contribution in [2.75, 3.05) is 13.3 Å². The van der Waals surface area contributed by atoms with Crippen molar-refractivity contribution in [3.63, 3.8) is 0 Å². The van der Waals surface area contributed by atoms with E-state index in [0.717, 1.165) is 22.2 Å². The highest BCUT2D eigenvalue weighted by atomic mass is 16.7. The first kappa shape index (κ1) is 19.6. The molecule has 2 amide bonds. The van der Waals surface area contributed by atoms with Gasteiger partial charge in [-0.2, -0.15) is 0 Å². The minimum absolute atomic E-state index is 0.133. The first-order valence-electron chi connectivity index (χ1n) is 10.1. The Kier molecular flexibility index (Phi) is 5.17. The number of hydrogen-bond donors (Lipinski definition) is 3. The molecule has 8 heteroatoms. The second kappa shape index (κ2) is 8.43. The summed E-state index contributed by atoms with van der Waals surface area (Å²) >= 11 is 0. The summed E-state index contributed by atoms with van der Waals surface area (Å²) in [5, 5.41) is 5.68. The van der Waals surface area contributed by atoms with Crippen LogP contribution in [0.15, 0.2) is 73.1 Å². The van der Waals surface area contributed by atoms with Crippen molar-refractivity contribution in [1.82, 2.24) is 20.6 Å². The largest absolute Gasteiger partial charge is 0.454 e. The smallest absolute Gasteiger partial charge is 0.251 e. The molecule has 1 aliphatic rings. The molecule has 3 N–H and O–H groups in total. The minimum Gasteiger partial charge on any atom is -0.454 e. The Labute approximate surface area is 183 Å². The lowest BCUT2D eigenvalue weighted by molar-refractivity contribution is -0.120. The summed E-state index contributed by atoms with van der Waals surface area (Å²) in [5.74, 6) is 0.436. The van der Waals surface area contributed by atoms with Crippen LogP contribution in [0.2, 0.25) is 0 Å². The fourth-order valence-electron chi connectivity index (χ4n) is 3.65. The zero-order chi connectivity index (χ0) is 21.9. The molecule has 8 nitrogen and oxygen atoms in total. The number of imidazole rings is 1. The van der Waals surface area contributed by atoms with Crippen molar-refractivity contribution in [2.24, 2.45) is 0 Å². The molecule has 0 aliphatic carbocycles. The van der Waals surface area contributed by atoms with E-state index in [0.29, 0.717) is 17.1 Å². The van der Waals surface area contributed by atoms with Crippen molar-refractivity contribution in [2.45, 2.75) is 6.04 Å². The molecule has 0 spiro atoms. The fourth-order valence-corrected chi connectivity index (χ4v) is 3.65. The Morgan fingerprint density at radius 3 is 2.69 bits per heavy atom. The standard InChI is InChI=1S/C24H20N4O4/c29-22(12-25-24(30)17-7-9-20-21(11-17)32-14-31-20)28-23(15-4-2-1-3-5-15)16-6-8-18-19(10-16)27-13-26-18/h1-11,13,23H,12,14H2,(H,25,30)(H,26,27)(H,28,29). The zero-order valence-corrected chi connectivity index (χ0v) is 17.0. The van der Waals surface area contributed by atoms with Gasteiger partial charge in [0.25, 0.3) is 5.91 Å². The third-order valence-corrected chi connectivity index (χ3v) is 5.26. The highest BCUT2D eigenvalue weighted by Gasteiger charge is 2.19. The van der Waals surface area contributed by atoms with Gasteiger partial charge in [-0.3, -0.25) is 9.59 Å².